The van der Waals surface area contributed by atoms with Crippen molar-refractivity contribution in [3.8, 4) is 11.5 Å². The summed E-state index contributed by atoms with van der Waals surface area (Å²) in [6, 6.07) is 1.56. The third kappa shape index (κ3) is 1.97. The normalized spacial score (nSPS) is 11.0. The summed E-state index contributed by atoms with van der Waals surface area (Å²) in [7, 11) is 0. The predicted molar refractivity (Wildman–Crippen MR) is 70.7 cm³/mol. The Morgan fingerprint density at radius 2 is 1.71 bits per heavy atom. The molecule has 0 unspecified atom stereocenters. The maximum absolute atomic E-state index is 12.1. The predicted octanol–water partition coefficient (Wildman–Crippen LogP) is -1.38. The van der Waals surface area contributed by atoms with Crippen LogP contribution in [0.15, 0.2) is 12.1 Å². The number of rotatable bonds is 3. The second-order valence-corrected chi connectivity index (χ2v) is 4.81. The largest absolute Gasteiger partial charge is 0.872 e. The van der Waals surface area contributed by atoms with Crippen molar-refractivity contribution in [3.63, 3.8) is 0 Å². The van der Waals surface area contributed by atoms with Crippen LogP contribution >= 0.6 is 0 Å². The van der Waals surface area contributed by atoms with Crippen LogP contribution in [0.25, 0.3) is 21.8 Å². The highest BCUT2D eigenvalue weighted by atomic mass is 16.4. The zero-order valence-corrected chi connectivity index (χ0v) is 11.4. The monoisotopic (exact) mass is 329 g/mol. The Morgan fingerprint density at radius 3 is 2.25 bits per heavy atom. The molecule has 0 aliphatic heterocycles. The minimum Gasteiger partial charge on any atom is -0.872 e. The lowest BCUT2D eigenvalue weighted by Gasteiger charge is -2.23. The van der Waals surface area contributed by atoms with Gasteiger partial charge in [0.25, 0.3) is 0 Å². The van der Waals surface area contributed by atoms with Crippen molar-refractivity contribution >= 4 is 39.7 Å². The second kappa shape index (κ2) is 4.84. The molecule has 2 heterocycles. The number of aromatic carboxylic acids is 3. The van der Waals surface area contributed by atoms with Crippen LogP contribution in [0.1, 0.15) is 31.3 Å². The molecule has 0 bridgehead atoms. The number of carbonyl (C=O) groups excluding carboxylic acids is 1. The number of aromatic amines is 1. The molecule has 3 rings (SSSR count). The van der Waals surface area contributed by atoms with Gasteiger partial charge in [-0.05, 0) is 17.5 Å². The number of carboxylic acid groups (broad SMARTS) is 3. The van der Waals surface area contributed by atoms with Crippen molar-refractivity contribution in [2.45, 2.75) is 0 Å². The van der Waals surface area contributed by atoms with Gasteiger partial charge >= 0.3 is 11.9 Å². The van der Waals surface area contributed by atoms with E-state index >= 15 is 0 Å². The molecule has 2 aromatic heterocycles. The number of nitrogens with zero attached hydrogens (tertiary/aromatic N) is 1. The number of carboxylic acids is 3. The SMILES string of the molecule is O=C(O)c1cc2c([O-])c([O-])c3[nH]c(C(=O)O)cc(C(=O)[O-])c3c2n1. The van der Waals surface area contributed by atoms with Crippen molar-refractivity contribution in [1.29, 1.82) is 0 Å². The summed E-state index contributed by atoms with van der Waals surface area (Å²) in [4.78, 5) is 39.2. The lowest BCUT2D eigenvalue weighted by molar-refractivity contribution is -0.314. The fourth-order valence-corrected chi connectivity index (χ4v) is 2.40. The quantitative estimate of drug-likeness (QED) is 0.520. The molecule has 0 radical (unpaired) electrons. The smallest absolute Gasteiger partial charge is 0.354 e. The highest BCUT2D eigenvalue weighted by molar-refractivity contribution is 6.19. The van der Waals surface area contributed by atoms with Gasteiger partial charge in [-0.3, -0.25) is 0 Å². The van der Waals surface area contributed by atoms with Crippen molar-refractivity contribution in [1.82, 2.24) is 9.97 Å². The number of carbonyl (C=O) groups is 3. The van der Waals surface area contributed by atoms with E-state index < -0.39 is 51.9 Å². The average Bonchev–Trinajstić information content (AvgIpc) is 2.96. The lowest BCUT2D eigenvalue weighted by Crippen LogP contribution is -2.23. The molecule has 0 spiro atoms. The number of hydrogen-bond donors (Lipinski definition) is 3. The Balaban J connectivity index is 2.62. The number of nitrogens with one attached hydrogen (secondary N) is 1. The van der Waals surface area contributed by atoms with Crippen molar-refractivity contribution in [2.24, 2.45) is 0 Å². The molecule has 0 fully saturated rings. The van der Waals surface area contributed by atoms with Gasteiger partial charge in [-0.1, -0.05) is 5.75 Å². The average molecular weight is 329 g/mol. The van der Waals surface area contributed by atoms with Gasteiger partial charge in [0.05, 0.1) is 11.5 Å². The Bertz CT molecular complexity index is 1070. The third-order valence-electron chi connectivity index (χ3n) is 3.42. The minimum absolute atomic E-state index is 0.334. The van der Waals surface area contributed by atoms with Gasteiger partial charge in [-0.15, -0.1) is 5.75 Å². The van der Waals surface area contributed by atoms with Gasteiger partial charge in [-0.2, -0.15) is 0 Å². The highest BCUT2D eigenvalue weighted by Gasteiger charge is 2.18. The van der Waals surface area contributed by atoms with Crippen molar-refractivity contribution in [3.05, 3.63) is 29.1 Å². The zero-order valence-electron chi connectivity index (χ0n) is 11.4. The summed E-state index contributed by atoms with van der Waals surface area (Å²) in [6.07, 6.45) is 0. The first kappa shape index (κ1) is 15.1. The lowest BCUT2D eigenvalue weighted by atomic mass is 10.0. The van der Waals surface area contributed by atoms with Gasteiger partial charge in [0.15, 0.2) is 0 Å². The molecule has 0 saturated heterocycles. The Morgan fingerprint density at radius 1 is 1.04 bits per heavy atom. The summed E-state index contributed by atoms with van der Waals surface area (Å²) in [5, 5.41) is 52.7. The van der Waals surface area contributed by atoms with Crippen LogP contribution in [0.4, 0.5) is 0 Å². The molecular formula is C14H5N2O8-3. The summed E-state index contributed by atoms with van der Waals surface area (Å²) >= 11 is 0. The van der Waals surface area contributed by atoms with Crippen molar-refractivity contribution < 1.29 is 39.9 Å². The fraction of sp³-hybridized carbons (Fsp3) is 0. The van der Waals surface area contributed by atoms with E-state index in [0.29, 0.717) is 6.07 Å². The highest BCUT2D eigenvalue weighted by Crippen LogP contribution is 2.39. The molecule has 122 valence electrons. The maximum atomic E-state index is 12.1. The van der Waals surface area contributed by atoms with Crippen LogP contribution in [0.2, 0.25) is 0 Å². The van der Waals surface area contributed by atoms with Crippen LogP contribution in [-0.2, 0) is 0 Å². The minimum atomic E-state index is -1.81. The standard InChI is InChI=1S/C14H8N2O8/c17-10-4-2-6(14(23)24)15-8(4)7-3(12(19)20)1-5(13(21)22)16-9(7)11(10)18/h1-2,16-18H,(H,19,20)(H,21,22)(H,23,24)/p-3. The van der Waals surface area contributed by atoms with E-state index in [2.05, 4.69) is 9.97 Å². The fourth-order valence-electron chi connectivity index (χ4n) is 2.40. The van der Waals surface area contributed by atoms with Crippen LogP contribution in [0.5, 0.6) is 11.5 Å². The van der Waals surface area contributed by atoms with Gasteiger partial charge in [-0.25, -0.2) is 14.6 Å². The molecule has 0 atom stereocenters. The number of H-pyrrole nitrogens is 1. The summed E-state index contributed by atoms with van der Waals surface area (Å²) in [5.74, 6) is -7.18. The first-order valence-electron chi connectivity index (χ1n) is 6.27. The van der Waals surface area contributed by atoms with E-state index in [1.54, 1.807) is 0 Å². The molecule has 24 heavy (non-hydrogen) atoms. The molecule has 10 heteroatoms. The van der Waals surface area contributed by atoms with E-state index in [1.165, 1.54) is 0 Å². The third-order valence-corrected chi connectivity index (χ3v) is 3.42. The maximum Gasteiger partial charge on any atom is 0.354 e. The summed E-state index contributed by atoms with van der Waals surface area (Å²) < 4.78 is 0. The van der Waals surface area contributed by atoms with E-state index in [4.69, 9.17) is 10.2 Å². The van der Waals surface area contributed by atoms with E-state index in [0.717, 1.165) is 6.07 Å². The number of benzene rings is 1. The van der Waals surface area contributed by atoms with Gasteiger partial charge in [0.2, 0.25) is 0 Å². The number of pyridine rings is 1. The molecule has 0 aliphatic rings. The Hall–Kier alpha value is -3.82. The summed E-state index contributed by atoms with van der Waals surface area (Å²) in [5.41, 5.74) is -2.83. The molecule has 3 N–H and O–H groups in total. The van der Waals surface area contributed by atoms with Gasteiger partial charge < -0.3 is 35.3 Å². The van der Waals surface area contributed by atoms with Crippen LogP contribution in [0.3, 0.4) is 0 Å². The molecule has 1 aromatic carbocycles. The molecular weight excluding hydrogens is 324 g/mol. The van der Waals surface area contributed by atoms with Gasteiger partial charge in [0, 0.05) is 16.5 Å². The number of fused-ring (bicyclic) bond motifs is 3. The van der Waals surface area contributed by atoms with Crippen LogP contribution < -0.4 is 15.3 Å². The molecule has 3 aromatic rings. The topological polar surface area (TPSA) is 190 Å². The Labute approximate surface area is 131 Å². The van der Waals surface area contributed by atoms with E-state index in [9.17, 15) is 29.7 Å². The molecule has 0 saturated carbocycles. The first-order valence-corrected chi connectivity index (χ1v) is 6.27. The molecule has 10 nitrogen and oxygen atoms in total. The molecule has 0 amide bonds. The van der Waals surface area contributed by atoms with E-state index in [-0.39, 0.29) is 16.3 Å². The van der Waals surface area contributed by atoms with Crippen LogP contribution in [0, 0.1) is 0 Å². The number of aromatic nitrogens is 2. The first-order chi connectivity index (χ1) is 11.2. The van der Waals surface area contributed by atoms with Crippen LogP contribution in [-0.4, -0.2) is 38.1 Å². The van der Waals surface area contributed by atoms with E-state index in [1.807, 2.05) is 0 Å². The van der Waals surface area contributed by atoms with Gasteiger partial charge in [0.1, 0.15) is 11.4 Å². The summed E-state index contributed by atoms with van der Waals surface area (Å²) in [6.45, 7) is 0. The number of hydrogen-bond acceptors (Lipinski definition) is 7. The zero-order chi connectivity index (χ0) is 17.8. The van der Waals surface area contributed by atoms with Crippen molar-refractivity contribution in [2.75, 3.05) is 0 Å². The Kier molecular flexibility index (Phi) is 3.04. The second-order valence-electron chi connectivity index (χ2n) is 4.81. The molecule has 0 aliphatic carbocycles.